The van der Waals surface area contributed by atoms with Crippen LogP contribution in [-0.4, -0.2) is 28.9 Å². The van der Waals surface area contributed by atoms with Crippen LogP contribution in [0, 0.1) is 0 Å². The topological polar surface area (TPSA) is 65.4 Å². The minimum Gasteiger partial charge on any atom is -0.486 e. The number of fused-ring (bicyclic) bond motifs is 1. The Balaban J connectivity index is 1.71. The van der Waals surface area contributed by atoms with Crippen LogP contribution in [-0.2, 0) is 6.18 Å². The van der Waals surface area contributed by atoms with Crippen molar-refractivity contribution in [3.63, 3.8) is 0 Å². The molecular weight excluding hydrogens is 446 g/mol. The summed E-state index contributed by atoms with van der Waals surface area (Å²) in [5, 5.41) is 6.44. The Kier molecular flexibility index (Phi) is 5.25. The highest BCUT2D eigenvalue weighted by molar-refractivity contribution is 6.34. The molecule has 1 N–H and O–H groups in total. The molecule has 4 rings (SSSR count). The molecule has 1 aliphatic rings. The van der Waals surface area contributed by atoms with E-state index < -0.39 is 23.3 Å². The quantitative estimate of drug-likeness (QED) is 0.585. The maximum absolute atomic E-state index is 13.8. The van der Waals surface area contributed by atoms with E-state index in [0.29, 0.717) is 29.4 Å². The largest absolute Gasteiger partial charge is 0.486 e. The van der Waals surface area contributed by atoms with E-state index in [4.69, 9.17) is 32.7 Å². The van der Waals surface area contributed by atoms with Gasteiger partial charge in [-0.15, -0.1) is 0 Å². The first-order chi connectivity index (χ1) is 14.2. The molecule has 0 unspecified atom stereocenters. The van der Waals surface area contributed by atoms with E-state index in [1.54, 1.807) is 0 Å². The molecule has 1 aromatic heterocycles. The summed E-state index contributed by atoms with van der Waals surface area (Å²) in [6.07, 6.45) is -4.02. The van der Waals surface area contributed by atoms with Crippen molar-refractivity contribution in [2.24, 2.45) is 0 Å². The maximum atomic E-state index is 13.8. The molecule has 0 radical (unpaired) electrons. The molecule has 30 heavy (non-hydrogen) atoms. The summed E-state index contributed by atoms with van der Waals surface area (Å²) < 4.78 is 52.8. The second-order valence-electron chi connectivity index (χ2n) is 6.23. The highest BCUT2D eigenvalue weighted by atomic mass is 35.5. The van der Waals surface area contributed by atoms with Crippen molar-refractivity contribution < 1.29 is 27.4 Å². The van der Waals surface area contributed by atoms with Crippen LogP contribution in [0.1, 0.15) is 16.1 Å². The van der Waals surface area contributed by atoms with Gasteiger partial charge in [-0.1, -0.05) is 29.3 Å². The van der Waals surface area contributed by atoms with Gasteiger partial charge in [0.1, 0.15) is 13.2 Å². The fourth-order valence-electron chi connectivity index (χ4n) is 2.94. The molecule has 0 spiro atoms. The monoisotopic (exact) mass is 457 g/mol. The molecule has 3 aromatic rings. The first-order valence-corrected chi connectivity index (χ1v) is 9.31. The van der Waals surface area contributed by atoms with Gasteiger partial charge in [-0.05, 0) is 18.2 Å². The average Bonchev–Trinajstić information content (AvgIpc) is 3.14. The summed E-state index contributed by atoms with van der Waals surface area (Å²) in [6, 6.07) is 8.51. The Morgan fingerprint density at radius 3 is 2.47 bits per heavy atom. The van der Waals surface area contributed by atoms with Crippen molar-refractivity contribution in [1.82, 2.24) is 9.78 Å². The number of aromatic nitrogens is 2. The van der Waals surface area contributed by atoms with E-state index in [0.717, 1.165) is 6.20 Å². The molecule has 0 saturated carbocycles. The summed E-state index contributed by atoms with van der Waals surface area (Å²) in [5.74, 6) is -0.324. The van der Waals surface area contributed by atoms with Crippen LogP contribution in [0.3, 0.4) is 0 Å². The number of carbonyl (C=O) groups excluding carboxylic acids is 1. The van der Waals surface area contributed by atoms with E-state index in [9.17, 15) is 18.0 Å². The van der Waals surface area contributed by atoms with Gasteiger partial charge in [0.15, 0.2) is 17.2 Å². The van der Waals surface area contributed by atoms with Crippen LogP contribution in [0.2, 0.25) is 10.0 Å². The molecule has 0 bridgehead atoms. The number of nitrogens with zero attached hydrogens (tertiary/aromatic N) is 2. The predicted molar refractivity (Wildman–Crippen MR) is 104 cm³/mol. The number of amides is 1. The third-order valence-corrected chi connectivity index (χ3v) is 4.76. The standard InChI is InChI=1S/C19H12Cl2F3N3O3/c20-10-2-1-3-11(6-10)27-17(19(22,23)24)12(9-25-27)18(28)26-14-8-16-15(7-13(14)21)29-4-5-30-16/h1-3,6-9H,4-5H2,(H,26,28). The zero-order valence-corrected chi connectivity index (χ0v) is 16.5. The summed E-state index contributed by atoms with van der Waals surface area (Å²) in [5.41, 5.74) is -1.77. The highest BCUT2D eigenvalue weighted by Crippen LogP contribution is 2.39. The first-order valence-electron chi connectivity index (χ1n) is 8.55. The van der Waals surface area contributed by atoms with Crippen LogP contribution in [0.4, 0.5) is 18.9 Å². The van der Waals surface area contributed by atoms with E-state index in [2.05, 4.69) is 10.4 Å². The van der Waals surface area contributed by atoms with Gasteiger partial charge in [0.2, 0.25) is 0 Å². The fraction of sp³-hybridized carbons (Fsp3) is 0.158. The Hall–Kier alpha value is -2.91. The van der Waals surface area contributed by atoms with Crippen LogP contribution in [0.15, 0.2) is 42.6 Å². The number of anilines is 1. The van der Waals surface area contributed by atoms with E-state index in [1.807, 2.05) is 0 Å². The molecule has 0 saturated heterocycles. The lowest BCUT2D eigenvalue weighted by Crippen LogP contribution is -2.21. The third kappa shape index (κ3) is 3.90. The number of hydrogen-bond acceptors (Lipinski definition) is 4. The zero-order valence-electron chi connectivity index (χ0n) is 15.0. The van der Waals surface area contributed by atoms with Gasteiger partial charge < -0.3 is 14.8 Å². The smallest absolute Gasteiger partial charge is 0.434 e. The van der Waals surface area contributed by atoms with Gasteiger partial charge in [-0.25, -0.2) is 4.68 Å². The Morgan fingerprint density at radius 2 is 1.80 bits per heavy atom. The number of nitrogens with one attached hydrogen (secondary N) is 1. The Bertz CT molecular complexity index is 1130. The van der Waals surface area contributed by atoms with E-state index >= 15 is 0 Å². The van der Waals surface area contributed by atoms with Crippen LogP contribution >= 0.6 is 23.2 Å². The molecule has 1 amide bonds. The van der Waals surface area contributed by atoms with Crippen molar-refractivity contribution in [2.75, 3.05) is 18.5 Å². The lowest BCUT2D eigenvalue weighted by molar-refractivity contribution is -0.143. The second kappa shape index (κ2) is 7.73. The molecule has 2 heterocycles. The third-order valence-electron chi connectivity index (χ3n) is 4.22. The number of carbonyl (C=O) groups is 1. The van der Waals surface area contributed by atoms with Gasteiger partial charge in [0.25, 0.3) is 5.91 Å². The lowest BCUT2D eigenvalue weighted by Gasteiger charge is -2.20. The van der Waals surface area contributed by atoms with Crippen molar-refractivity contribution >= 4 is 34.8 Å². The Labute approximate surface area is 178 Å². The molecule has 1 aliphatic heterocycles. The molecular formula is C19H12Cl2F3N3O3. The van der Waals surface area contributed by atoms with Gasteiger partial charge in [0.05, 0.1) is 28.2 Å². The SMILES string of the molecule is O=C(Nc1cc2c(cc1Cl)OCCO2)c1cnn(-c2cccc(Cl)c2)c1C(F)(F)F. The number of alkyl halides is 3. The number of rotatable bonds is 3. The van der Waals surface area contributed by atoms with Crippen LogP contribution < -0.4 is 14.8 Å². The molecule has 0 aliphatic carbocycles. The molecule has 2 aromatic carbocycles. The van der Waals surface area contributed by atoms with Crippen molar-refractivity contribution in [1.29, 1.82) is 0 Å². The fourth-order valence-corrected chi connectivity index (χ4v) is 3.33. The second-order valence-corrected chi connectivity index (χ2v) is 7.07. The number of ether oxygens (including phenoxy) is 2. The van der Waals surface area contributed by atoms with Gasteiger partial charge in [-0.2, -0.15) is 18.3 Å². The maximum Gasteiger partial charge on any atom is 0.434 e. The summed E-state index contributed by atoms with van der Waals surface area (Å²) in [7, 11) is 0. The molecule has 0 atom stereocenters. The average molecular weight is 458 g/mol. The summed E-state index contributed by atoms with van der Waals surface area (Å²) in [6.45, 7) is 0.638. The van der Waals surface area contributed by atoms with Gasteiger partial charge in [-0.3, -0.25) is 4.79 Å². The number of hydrogen-bond donors (Lipinski definition) is 1. The molecule has 6 nitrogen and oxygen atoms in total. The van der Waals surface area contributed by atoms with Crippen LogP contribution in [0.5, 0.6) is 11.5 Å². The summed E-state index contributed by atoms with van der Waals surface area (Å²) >= 11 is 12.0. The zero-order chi connectivity index (χ0) is 21.5. The van der Waals surface area contributed by atoms with Gasteiger partial charge in [0, 0.05) is 17.2 Å². The lowest BCUT2D eigenvalue weighted by atomic mass is 10.2. The number of halogens is 5. The Morgan fingerprint density at radius 1 is 1.10 bits per heavy atom. The predicted octanol–water partition coefficient (Wildman–Crippen LogP) is 5.22. The van der Waals surface area contributed by atoms with E-state index in [1.165, 1.54) is 36.4 Å². The van der Waals surface area contributed by atoms with Crippen molar-refractivity contribution in [3.05, 3.63) is 63.9 Å². The first kappa shape index (κ1) is 20.4. The molecule has 156 valence electrons. The van der Waals surface area contributed by atoms with Gasteiger partial charge >= 0.3 is 6.18 Å². The van der Waals surface area contributed by atoms with Crippen molar-refractivity contribution in [3.8, 4) is 17.2 Å². The highest BCUT2D eigenvalue weighted by Gasteiger charge is 2.40. The van der Waals surface area contributed by atoms with E-state index in [-0.39, 0.29) is 21.4 Å². The minimum atomic E-state index is -4.86. The summed E-state index contributed by atoms with van der Waals surface area (Å²) in [4.78, 5) is 12.7. The van der Waals surface area contributed by atoms with Crippen LogP contribution in [0.25, 0.3) is 5.69 Å². The minimum absolute atomic E-state index is 0.0613. The molecule has 0 fully saturated rings. The number of benzene rings is 2. The normalized spacial score (nSPS) is 13.2. The van der Waals surface area contributed by atoms with Crippen molar-refractivity contribution in [2.45, 2.75) is 6.18 Å². The molecule has 11 heteroatoms.